The molecule has 1 heterocycles. The van der Waals surface area contributed by atoms with Crippen molar-refractivity contribution in [3.05, 3.63) is 29.8 Å². The summed E-state index contributed by atoms with van der Waals surface area (Å²) in [6.07, 6.45) is 0.883. The lowest BCUT2D eigenvalue weighted by Crippen LogP contribution is -2.31. The Bertz CT molecular complexity index is 498. The summed E-state index contributed by atoms with van der Waals surface area (Å²) in [5.41, 5.74) is 0.927. The average molecular weight is 292 g/mol. The first-order valence-electron chi connectivity index (χ1n) is 6.96. The molecule has 1 aliphatic rings. The van der Waals surface area contributed by atoms with Gasteiger partial charge in [-0.3, -0.25) is 4.79 Å². The van der Waals surface area contributed by atoms with Crippen molar-refractivity contribution in [2.45, 2.75) is 13.0 Å². The van der Waals surface area contributed by atoms with Gasteiger partial charge in [0.25, 0.3) is 0 Å². The Morgan fingerprint density at radius 3 is 3.00 bits per heavy atom. The smallest absolute Gasteiger partial charge is 0.343 e. The van der Waals surface area contributed by atoms with Crippen molar-refractivity contribution in [3.63, 3.8) is 0 Å². The Balaban J connectivity index is 1.82. The van der Waals surface area contributed by atoms with Gasteiger partial charge in [-0.2, -0.15) is 0 Å². The van der Waals surface area contributed by atoms with Crippen LogP contribution in [0.4, 0.5) is 0 Å². The zero-order chi connectivity index (χ0) is 15.1. The number of rotatable bonds is 6. The molecule has 1 unspecified atom stereocenters. The molecule has 1 saturated heterocycles. The molecule has 1 aliphatic heterocycles. The van der Waals surface area contributed by atoms with Crippen LogP contribution in [0.15, 0.2) is 24.3 Å². The number of hydrogen-bond acceptors (Lipinski definition) is 5. The summed E-state index contributed by atoms with van der Waals surface area (Å²) in [5.74, 6) is 0.279. The predicted octanol–water partition coefficient (Wildman–Crippen LogP) is 0.464. The Morgan fingerprint density at radius 1 is 1.43 bits per heavy atom. The zero-order valence-corrected chi connectivity index (χ0v) is 12.1. The van der Waals surface area contributed by atoms with E-state index < -0.39 is 5.97 Å². The van der Waals surface area contributed by atoms with Crippen LogP contribution in [0.5, 0.6) is 5.75 Å². The third-order valence-electron chi connectivity index (χ3n) is 3.38. The van der Waals surface area contributed by atoms with Gasteiger partial charge >= 0.3 is 5.97 Å². The highest BCUT2D eigenvalue weighted by atomic mass is 16.6. The van der Waals surface area contributed by atoms with Gasteiger partial charge in [0.15, 0.2) is 6.61 Å². The number of benzene rings is 1. The lowest BCUT2D eigenvalue weighted by molar-refractivity contribution is -0.142. The fourth-order valence-corrected chi connectivity index (χ4v) is 2.16. The van der Waals surface area contributed by atoms with Crippen molar-refractivity contribution in [1.82, 2.24) is 10.6 Å². The monoisotopic (exact) mass is 292 g/mol. The first kappa shape index (κ1) is 15.3. The van der Waals surface area contributed by atoms with E-state index in [9.17, 15) is 9.59 Å². The number of carbonyl (C=O) groups excluding carboxylic acids is 2. The minimum atomic E-state index is -0.428. The van der Waals surface area contributed by atoms with Gasteiger partial charge in [-0.1, -0.05) is 12.1 Å². The molecule has 0 aromatic heterocycles. The first-order valence-corrected chi connectivity index (χ1v) is 6.96. The van der Waals surface area contributed by atoms with Gasteiger partial charge in [-0.25, -0.2) is 4.79 Å². The SMILES string of the molecule is COC(=O)COc1cccc(CNC(=O)C2CCNC2)c1. The molecule has 2 rings (SSSR count). The molecule has 0 radical (unpaired) electrons. The molecule has 1 atom stereocenters. The summed E-state index contributed by atoms with van der Waals surface area (Å²) in [6.45, 7) is 1.97. The number of carbonyl (C=O) groups is 2. The molecule has 1 amide bonds. The van der Waals surface area contributed by atoms with Crippen LogP contribution in [-0.4, -0.2) is 38.7 Å². The van der Waals surface area contributed by atoms with Crippen molar-refractivity contribution in [2.24, 2.45) is 5.92 Å². The van der Waals surface area contributed by atoms with Gasteiger partial charge < -0.3 is 20.1 Å². The Hall–Kier alpha value is -2.08. The van der Waals surface area contributed by atoms with Crippen LogP contribution in [0, 0.1) is 5.92 Å². The van der Waals surface area contributed by atoms with Crippen molar-refractivity contribution in [2.75, 3.05) is 26.8 Å². The zero-order valence-electron chi connectivity index (χ0n) is 12.1. The maximum Gasteiger partial charge on any atom is 0.343 e. The number of hydrogen-bond donors (Lipinski definition) is 2. The summed E-state index contributed by atoms with van der Waals surface area (Å²) < 4.78 is 9.82. The Morgan fingerprint density at radius 2 is 2.29 bits per heavy atom. The average Bonchev–Trinajstić information content (AvgIpc) is 3.05. The number of esters is 1. The normalized spacial score (nSPS) is 17.3. The molecule has 21 heavy (non-hydrogen) atoms. The van der Waals surface area contributed by atoms with Crippen LogP contribution >= 0.6 is 0 Å². The predicted molar refractivity (Wildman–Crippen MR) is 76.8 cm³/mol. The van der Waals surface area contributed by atoms with Gasteiger partial charge in [0.05, 0.1) is 13.0 Å². The van der Waals surface area contributed by atoms with Crippen molar-refractivity contribution in [1.29, 1.82) is 0 Å². The van der Waals surface area contributed by atoms with Gasteiger partial charge in [-0.15, -0.1) is 0 Å². The Labute approximate surface area is 123 Å². The first-order chi connectivity index (χ1) is 10.2. The van der Waals surface area contributed by atoms with E-state index in [2.05, 4.69) is 15.4 Å². The minimum Gasteiger partial charge on any atom is -0.482 e. The van der Waals surface area contributed by atoms with Crippen LogP contribution < -0.4 is 15.4 Å². The maximum absolute atomic E-state index is 11.9. The summed E-state index contributed by atoms with van der Waals surface area (Å²) in [4.78, 5) is 22.9. The highest BCUT2D eigenvalue weighted by Crippen LogP contribution is 2.14. The molecule has 2 N–H and O–H groups in total. The van der Waals surface area contributed by atoms with E-state index in [0.29, 0.717) is 12.3 Å². The second kappa shape index (κ2) is 7.64. The molecule has 114 valence electrons. The van der Waals surface area contributed by atoms with Gasteiger partial charge in [-0.05, 0) is 30.7 Å². The van der Waals surface area contributed by atoms with Crippen LogP contribution in [0.3, 0.4) is 0 Å². The quantitative estimate of drug-likeness (QED) is 0.745. The highest BCUT2D eigenvalue weighted by Gasteiger charge is 2.21. The van der Waals surface area contributed by atoms with Crippen LogP contribution in [0.1, 0.15) is 12.0 Å². The fourth-order valence-electron chi connectivity index (χ4n) is 2.16. The summed E-state index contributed by atoms with van der Waals surface area (Å²) in [7, 11) is 1.32. The molecule has 1 aromatic rings. The third kappa shape index (κ3) is 4.75. The Kier molecular flexibility index (Phi) is 5.57. The molecule has 0 spiro atoms. The fraction of sp³-hybridized carbons (Fsp3) is 0.467. The van der Waals surface area contributed by atoms with Crippen LogP contribution in [0.2, 0.25) is 0 Å². The van der Waals surface area contributed by atoms with E-state index in [0.717, 1.165) is 25.1 Å². The third-order valence-corrected chi connectivity index (χ3v) is 3.38. The summed E-state index contributed by atoms with van der Waals surface area (Å²) >= 11 is 0. The topological polar surface area (TPSA) is 76.7 Å². The van der Waals surface area contributed by atoms with Gasteiger partial charge in [0.2, 0.25) is 5.91 Å². The molecule has 6 nitrogen and oxygen atoms in total. The van der Waals surface area contributed by atoms with E-state index in [4.69, 9.17) is 4.74 Å². The molecule has 0 bridgehead atoms. The molecular weight excluding hydrogens is 272 g/mol. The largest absolute Gasteiger partial charge is 0.482 e. The second-order valence-corrected chi connectivity index (χ2v) is 4.92. The van der Waals surface area contributed by atoms with Crippen molar-refractivity contribution in [3.8, 4) is 5.75 Å². The summed E-state index contributed by atoms with van der Waals surface area (Å²) in [6, 6.07) is 7.29. The second-order valence-electron chi connectivity index (χ2n) is 4.92. The molecule has 0 aliphatic carbocycles. The molecule has 1 fully saturated rings. The van der Waals surface area contributed by atoms with E-state index >= 15 is 0 Å². The van der Waals surface area contributed by atoms with Crippen LogP contribution in [0.25, 0.3) is 0 Å². The number of amides is 1. The van der Waals surface area contributed by atoms with E-state index in [1.54, 1.807) is 12.1 Å². The number of ether oxygens (including phenoxy) is 2. The highest BCUT2D eigenvalue weighted by molar-refractivity contribution is 5.79. The maximum atomic E-state index is 11.9. The number of methoxy groups -OCH3 is 1. The van der Waals surface area contributed by atoms with Crippen molar-refractivity contribution >= 4 is 11.9 Å². The lowest BCUT2D eigenvalue weighted by Gasteiger charge is -2.11. The van der Waals surface area contributed by atoms with Crippen molar-refractivity contribution < 1.29 is 19.1 Å². The van der Waals surface area contributed by atoms with E-state index in [1.807, 2.05) is 12.1 Å². The molecule has 1 aromatic carbocycles. The van der Waals surface area contributed by atoms with Gasteiger partial charge in [0.1, 0.15) is 5.75 Å². The molecule has 6 heteroatoms. The van der Waals surface area contributed by atoms with E-state index in [1.165, 1.54) is 7.11 Å². The van der Waals surface area contributed by atoms with E-state index in [-0.39, 0.29) is 18.4 Å². The number of nitrogens with one attached hydrogen (secondary N) is 2. The minimum absolute atomic E-state index is 0.0590. The summed E-state index contributed by atoms with van der Waals surface area (Å²) in [5, 5.41) is 6.09. The molecular formula is C15H20N2O4. The lowest BCUT2D eigenvalue weighted by atomic mass is 10.1. The van der Waals surface area contributed by atoms with Gasteiger partial charge in [0, 0.05) is 13.1 Å². The standard InChI is InChI=1S/C15H20N2O4/c1-20-14(18)10-21-13-4-2-3-11(7-13)8-17-15(19)12-5-6-16-9-12/h2-4,7,12,16H,5-6,8-10H2,1H3,(H,17,19). The van der Waals surface area contributed by atoms with Crippen LogP contribution in [-0.2, 0) is 20.9 Å². The molecule has 0 saturated carbocycles.